The summed E-state index contributed by atoms with van der Waals surface area (Å²) in [7, 11) is 1.30. The van der Waals surface area contributed by atoms with E-state index < -0.39 is 59.0 Å². The molecular formula is C26H33NO9. The Kier molecular flexibility index (Phi) is 6.74. The molecule has 10 heteroatoms. The summed E-state index contributed by atoms with van der Waals surface area (Å²) < 4.78 is 24.0. The lowest BCUT2D eigenvalue weighted by Crippen LogP contribution is -2.71. The van der Waals surface area contributed by atoms with Crippen molar-refractivity contribution in [2.45, 2.75) is 70.7 Å². The molecule has 4 heterocycles. The highest BCUT2D eigenvalue weighted by Crippen LogP contribution is 2.57. The average molecular weight is 504 g/mol. The molecule has 0 aliphatic carbocycles. The van der Waals surface area contributed by atoms with E-state index >= 15 is 0 Å². The van der Waals surface area contributed by atoms with Crippen molar-refractivity contribution in [3.8, 4) is 0 Å². The second-order valence-corrected chi connectivity index (χ2v) is 10.3. The van der Waals surface area contributed by atoms with Crippen molar-refractivity contribution in [2.75, 3.05) is 13.7 Å². The third-order valence-corrected chi connectivity index (χ3v) is 7.67. The molecule has 0 aromatic heterocycles. The maximum atomic E-state index is 13.1. The van der Waals surface area contributed by atoms with Gasteiger partial charge in [-0.1, -0.05) is 31.6 Å². The smallest absolute Gasteiger partial charge is 0.316 e. The molecule has 1 spiro atoms. The van der Waals surface area contributed by atoms with Crippen molar-refractivity contribution >= 4 is 23.4 Å². The van der Waals surface area contributed by atoms with Crippen LogP contribution in [-0.4, -0.2) is 71.9 Å². The molecule has 0 saturated carbocycles. The number of esters is 1. The van der Waals surface area contributed by atoms with Crippen LogP contribution < -0.4 is 5.32 Å². The van der Waals surface area contributed by atoms with Crippen LogP contribution in [0.3, 0.4) is 0 Å². The van der Waals surface area contributed by atoms with E-state index in [9.17, 15) is 24.3 Å². The van der Waals surface area contributed by atoms with Crippen molar-refractivity contribution in [1.29, 1.82) is 0 Å². The standard InChI is InChI=1S/C26H33NO9/c1-12(7-8-16(28)19-18(30)11-27-23(19)31)9-13(2)21-14(3)22-17(29)10-25(5)26(35-21,36-22)20(15(4)34-25)24(32)33-6/h7-9,13-15,20-22,28H,10-11H2,1-6H3,(H,27,31)/b8-7+,12-9+,19-16+/t13-,14-,15-,20-,21-,22+,25+,26+/m1/s1. The molecule has 36 heavy (non-hydrogen) atoms. The average Bonchev–Trinajstić information content (AvgIpc) is 3.25. The number of ether oxygens (including phenoxy) is 4. The minimum absolute atomic E-state index is 0.0682. The number of hydrogen-bond donors (Lipinski definition) is 2. The van der Waals surface area contributed by atoms with Crippen molar-refractivity contribution in [3.63, 3.8) is 0 Å². The number of Topliss-reactive ketones (excluding diaryl/α,β-unsaturated/α-hetero) is 2. The monoisotopic (exact) mass is 503 g/mol. The summed E-state index contributed by atoms with van der Waals surface area (Å²) in [5.74, 6) is -4.97. The van der Waals surface area contributed by atoms with Crippen molar-refractivity contribution in [3.05, 3.63) is 35.1 Å². The number of carbonyl (C=O) groups is 4. The quantitative estimate of drug-likeness (QED) is 0.189. The van der Waals surface area contributed by atoms with Crippen LogP contribution >= 0.6 is 0 Å². The van der Waals surface area contributed by atoms with Gasteiger partial charge < -0.3 is 29.4 Å². The maximum Gasteiger partial charge on any atom is 0.316 e. The normalized spacial score (nSPS) is 40.8. The predicted molar refractivity (Wildman–Crippen MR) is 125 cm³/mol. The van der Waals surface area contributed by atoms with E-state index in [0.29, 0.717) is 0 Å². The number of rotatable bonds is 5. The summed E-state index contributed by atoms with van der Waals surface area (Å²) in [6.07, 6.45) is 3.03. The number of aliphatic hydroxyl groups excluding tert-OH is 1. The highest BCUT2D eigenvalue weighted by atomic mass is 16.8. The zero-order chi connectivity index (χ0) is 26.6. The van der Waals surface area contributed by atoms with Crippen LogP contribution in [-0.2, 0) is 38.1 Å². The zero-order valence-electron chi connectivity index (χ0n) is 21.3. The van der Waals surface area contributed by atoms with Gasteiger partial charge in [-0.05, 0) is 26.8 Å². The first kappa shape index (κ1) is 26.2. The van der Waals surface area contributed by atoms with Gasteiger partial charge in [0.15, 0.2) is 11.6 Å². The molecular weight excluding hydrogens is 470 g/mol. The van der Waals surface area contributed by atoms with Crippen LogP contribution in [0.5, 0.6) is 0 Å². The number of allylic oxidation sites excluding steroid dienone is 3. The summed E-state index contributed by atoms with van der Waals surface area (Å²) in [5.41, 5.74) is -0.676. The molecule has 0 aromatic rings. The molecule has 4 rings (SSSR count). The predicted octanol–water partition coefficient (Wildman–Crippen LogP) is 1.69. The molecule has 0 aromatic carbocycles. The van der Waals surface area contributed by atoms with Crippen LogP contribution in [0.15, 0.2) is 35.1 Å². The topological polar surface area (TPSA) is 137 Å². The third kappa shape index (κ3) is 4.01. The number of ketones is 2. The molecule has 2 bridgehead atoms. The highest BCUT2D eigenvalue weighted by Gasteiger charge is 2.74. The largest absolute Gasteiger partial charge is 0.507 e. The fourth-order valence-corrected chi connectivity index (χ4v) is 6.00. The first-order valence-corrected chi connectivity index (χ1v) is 12.1. The van der Waals surface area contributed by atoms with Gasteiger partial charge >= 0.3 is 5.97 Å². The Morgan fingerprint density at radius 1 is 1.19 bits per heavy atom. The van der Waals surface area contributed by atoms with Crippen LogP contribution in [0, 0.1) is 17.8 Å². The number of fused-ring (bicyclic) bond motifs is 1. The number of amides is 1. The molecule has 196 valence electrons. The SMILES string of the molecule is COC(=O)[C@H]1[C@@H](C)O[C@@]2(C)CC(=O)[C@H]3O[C@@]12O[C@H]([C@H](C)/C=C(C)/C=C/C(O)=C1/C(=O)CNC1=O)[C@H]3C. The molecule has 4 aliphatic rings. The van der Waals surface area contributed by atoms with Crippen LogP contribution in [0.4, 0.5) is 0 Å². The highest BCUT2D eigenvalue weighted by molar-refractivity contribution is 6.25. The molecule has 10 nitrogen and oxygen atoms in total. The van der Waals surface area contributed by atoms with E-state index in [-0.39, 0.29) is 36.2 Å². The fraction of sp³-hybridized carbons (Fsp3) is 0.615. The lowest BCUT2D eigenvalue weighted by atomic mass is 9.73. The van der Waals surface area contributed by atoms with E-state index in [1.807, 2.05) is 19.9 Å². The summed E-state index contributed by atoms with van der Waals surface area (Å²) in [6.45, 7) is 8.96. The molecule has 4 fully saturated rings. The first-order chi connectivity index (χ1) is 16.8. The summed E-state index contributed by atoms with van der Waals surface area (Å²) in [5, 5.41) is 12.6. The van der Waals surface area contributed by atoms with Gasteiger partial charge in [-0.3, -0.25) is 19.2 Å². The Hall–Kier alpha value is -2.82. The number of aliphatic hydroxyl groups is 1. The second-order valence-electron chi connectivity index (χ2n) is 10.3. The van der Waals surface area contributed by atoms with Gasteiger partial charge in [0.05, 0.1) is 25.9 Å². The first-order valence-electron chi connectivity index (χ1n) is 12.1. The Morgan fingerprint density at radius 2 is 1.89 bits per heavy atom. The van der Waals surface area contributed by atoms with E-state index in [0.717, 1.165) is 5.57 Å². The molecule has 0 unspecified atom stereocenters. The van der Waals surface area contributed by atoms with E-state index in [4.69, 9.17) is 18.9 Å². The molecule has 4 aliphatic heterocycles. The third-order valence-electron chi connectivity index (χ3n) is 7.67. The Labute approximate surface area is 209 Å². The van der Waals surface area contributed by atoms with Gasteiger partial charge in [0.2, 0.25) is 5.79 Å². The summed E-state index contributed by atoms with van der Waals surface area (Å²) in [4.78, 5) is 49.4. The number of carbonyl (C=O) groups excluding carboxylic acids is 4. The minimum Gasteiger partial charge on any atom is -0.507 e. The molecule has 4 saturated heterocycles. The molecule has 2 N–H and O–H groups in total. The summed E-state index contributed by atoms with van der Waals surface area (Å²) in [6, 6.07) is 0. The lowest BCUT2D eigenvalue weighted by molar-refractivity contribution is -0.387. The van der Waals surface area contributed by atoms with E-state index in [1.54, 1.807) is 26.8 Å². The second kappa shape index (κ2) is 9.24. The van der Waals surface area contributed by atoms with Crippen LogP contribution in [0.25, 0.3) is 0 Å². The number of nitrogens with one attached hydrogen (secondary N) is 1. The molecule has 8 atom stereocenters. The van der Waals surface area contributed by atoms with Gasteiger partial charge in [-0.2, -0.15) is 0 Å². The lowest BCUT2D eigenvalue weighted by Gasteiger charge is -2.56. The van der Waals surface area contributed by atoms with Gasteiger partial charge in [0, 0.05) is 18.3 Å². The molecule has 1 amide bonds. The van der Waals surface area contributed by atoms with E-state index in [1.165, 1.54) is 13.2 Å². The van der Waals surface area contributed by atoms with Gasteiger partial charge in [-0.15, -0.1) is 0 Å². The molecule has 0 radical (unpaired) electrons. The van der Waals surface area contributed by atoms with Crippen molar-refractivity contribution in [1.82, 2.24) is 5.32 Å². The van der Waals surface area contributed by atoms with Gasteiger partial charge in [0.1, 0.15) is 29.0 Å². The Bertz CT molecular complexity index is 1070. The van der Waals surface area contributed by atoms with Crippen LogP contribution in [0.1, 0.15) is 41.0 Å². The minimum atomic E-state index is -1.47. The van der Waals surface area contributed by atoms with Crippen molar-refractivity contribution in [2.24, 2.45) is 17.8 Å². The maximum absolute atomic E-state index is 13.1. The number of hydrogen-bond acceptors (Lipinski definition) is 9. The Morgan fingerprint density at radius 3 is 2.50 bits per heavy atom. The van der Waals surface area contributed by atoms with Gasteiger partial charge in [0.25, 0.3) is 5.91 Å². The van der Waals surface area contributed by atoms with Gasteiger partial charge in [-0.25, -0.2) is 0 Å². The summed E-state index contributed by atoms with van der Waals surface area (Å²) >= 11 is 0. The van der Waals surface area contributed by atoms with E-state index in [2.05, 4.69) is 5.32 Å². The zero-order valence-corrected chi connectivity index (χ0v) is 21.3. The van der Waals surface area contributed by atoms with Crippen LogP contribution in [0.2, 0.25) is 0 Å². The number of methoxy groups -OCH3 is 1. The fourth-order valence-electron chi connectivity index (χ4n) is 6.00. The Balaban J connectivity index is 1.63. The van der Waals surface area contributed by atoms with Crippen molar-refractivity contribution < 1.29 is 43.2 Å².